The lowest BCUT2D eigenvalue weighted by molar-refractivity contribution is 0.102. The molecule has 1 amide bonds. The first-order chi connectivity index (χ1) is 13.0. The Morgan fingerprint density at radius 3 is 2.52 bits per heavy atom. The number of carbonyl (C=O) groups is 1. The Balaban J connectivity index is 1.64. The lowest BCUT2D eigenvalue weighted by atomic mass is 10.1. The molecule has 0 spiro atoms. The number of hydrogen-bond donors (Lipinski definition) is 2. The molecule has 1 heterocycles. The van der Waals surface area contributed by atoms with Crippen LogP contribution in [0.25, 0.3) is 0 Å². The molecule has 0 atom stereocenters. The van der Waals surface area contributed by atoms with Gasteiger partial charge < -0.3 is 10.6 Å². The highest BCUT2D eigenvalue weighted by Crippen LogP contribution is 2.20. The second-order valence-electron chi connectivity index (χ2n) is 5.77. The van der Waals surface area contributed by atoms with E-state index in [1.165, 1.54) is 17.8 Å². The van der Waals surface area contributed by atoms with Crippen molar-refractivity contribution in [3.05, 3.63) is 89.5 Å². The number of nitrogens with zero attached hydrogens (tertiary/aromatic N) is 1. The maximum atomic E-state index is 13.7. The van der Waals surface area contributed by atoms with Gasteiger partial charge in [0, 0.05) is 18.4 Å². The average molecular weight is 371 g/mol. The fourth-order valence-electron chi connectivity index (χ4n) is 2.47. The maximum Gasteiger partial charge on any atom is 0.274 e. The van der Waals surface area contributed by atoms with Gasteiger partial charge in [-0.3, -0.25) is 9.78 Å². The summed E-state index contributed by atoms with van der Waals surface area (Å²) in [6.45, 7) is 0.646. The van der Waals surface area contributed by atoms with Gasteiger partial charge in [-0.25, -0.2) is 13.2 Å². The summed E-state index contributed by atoms with van der Waals surface area (Å²) in [6, 6.07) is 14.8. The second kappa shape index (κ2) is 8.35. The topological polar surface area (TPSA) is 54.0 Å². The third kappa shape index (κ3) is 4.63. The zero-order chi connectivity index (χ0) is 19.2. The third-order valence-corrected chi connectivity index (χ3v) is 3.86. The van der Waals surface area contributed by atoms with Crippen molar-refractivity contribution in [3.63, 3.8) is 0 Å². The van der Waals surface area contributed by atoms with Gasteiger partial charge in [-0.2, -0.15) is 0 Å². The smallest absolute Gasteiger partial charge is 0.274 e. The van der Waals surface area contributed by atoms with Crippen LogP contribution in [-0.4, -0.2) is 17.4 Å². The molecule has 0 fully saturated rings. The van der Waals surface area contributed by atoms with Gasteiger partial charge in [-0.05, 0) is 36.2 Å². The molecule has 2 N–H and O–H groups in total. The van der Waals surface area contributed by atoms with Crippen molar-refractivity contribution < 1.29 is 18.0 Å². The highest BCUT2D eigenvalue weighted by Gasteiger charge is 2.16. The van der Waals surface area contributed by atoms with Crippen LogP contribution < -0.4 is 10.6 Å². The van der Waals surface area contributed by atoms with E-state index in [0.717, 1.165) is 18.6 Å². The van der Waals surface area contributed by atoms with E-state index >= 15 is 0 Å². The molecule has 2 aromatic carbocycles. The molecule has 0 aliphatic carbocycles. The molecule has 3 aromatic rings. The van der Waals surface area contributed by atoms with Gasteiger partial charge in [0.05, 0.1) is 5.69 Å². The molecule has 0 radical (unpaired) electrons. The maximum absolute atomic E-state index is 13.7. The Morgan fingerprint density at radius 2 is 1.74 bits per heavy atom. The second-order valence-corrected chi connectivity index (χ2v) is 5.77. The zero-order valence-electron chi connectivity index (χ0n) is 14.2. The summed E-state index contributed by atoms with van der Waals surface area (Å²) >= 11 is 0. The predicted octanol–water partition coefficient (Wildman–Crippen LogP) is 4.41. The minimum atomic E-state index is -1.64. The number of carbonyl (C=O) groups excluding carboxylic acids is 1. The Morgan fingerprint density at radius 1 is 0.963 bits per heavy atom. The zero-order valence-corrected chi connectivity index (χ0v) is 14.2. The van der Waals surface area contributed by atoms with Gasteiger partial charge in [0.25, 0.3) is 5.91 Å². The average Bonchev–Trinajstić information content (AvgIpc) is 2.69. The molecule has 4 nitrogen and oxygen atoms in total. The van der Waals surface area contributed by atoms with Gasteiger partial charge in [0.15, 0.2) is 17.5 Å². The quantitative estimate of drug-likeness (QED) is 0.631. The normalized spacial score (nSPS) is 10.5. The molecule has 0 aliphatic heterocycles. The molecule has 0 aliphatic rings. The summed E-state index contributed by atoms with van der Waals surface area (Å²) < 4.78 is 39.9. The number of pyridine rings is 1. The number of anilines is 2. The van der Waals surface area contributed by atoms with Crippen molar-refractivity contribution in [2.45, 2.75) is 6.42 Å². The number of aromatic nitrogens is 1. The molecule has 1 aromatic heterocycles. The standard InChI is InChI=1S/C20H16F3N3O/c21-15-6-7-16(19(23)18(15)22)26-20(27)17-12-14(9-11-25-17)24-10-8-13-4-2-1-3-5-13/h1-7,9,11-12H,8,10H2,(H,24,25)(H,26,27). The van der Waals surface area contributed by atoms with E-state index in [4.69, 9.17) is 0 Å². The van der Waals surface area contributed by atoms with E-state index in [2.05, 4.69) is 15.6 Å². The highest BCUT2D eigenvalue weighted by atomic mass is 19.2. The molecule has 7 heteroatoms. The first kappa shape index (κ1) is 18.4. The minimum absolute atomic E-state index is 0.0174. The summed E-state index contributed by atoms with van der Waals surface area (Å²) in [5.74, 6) is -5.16. The van der Waals surface area contributed by atoms with E-state index in [-0.39, 0.29) is 5.69 Å². The number of rotatable bonds is 6. The highest BCUT2D eigenvalue weighted by molar-refractivity contribution is 6.03. The first-order valence-corrected chi connectivity index (χ1v) is 8.23. The van der Waals surface area contributed by atoms with Gasteiger partial charge in [-0.1, -0.05) is 30.3 Å². The van der Waals surface area contributed by atoms with Crippen molar-refractivity contribution in [1.29, 1.82) is 0 Å². The van der Waals surface area contributed by atoms with E-state index in [1.54, 1.807) is 6.07 Å². The predicted molar refractivity (Wildman–Crippen MR) is 97.1 cm³/mol. The van der Waals surface area contributed by atoms with Crippen LogP contribution in [0.1, 0.15) is 16.1 Å². The van der Waals surface area contributed by atoms with Gasteiger partial charge in [0.2, 0.25) is 0 Å². The molecule has 0 saturated carbocycles. The number of amides is 1. The van der Waals surface area contributed by atoms with Crippen molar-refractivity contribution >= 4 is 17.3 Å². The summed E-state index contributed by atoms with van der Waals surface area (Å²) in [6.07, 6.45) is 2.23. The van der Waals surface area contributed by atoms with Crippen LogP contribution in [0.3, 0.4) is 0 Å². The van der Waals surface area contributed by atoms with Crippen molar-refractivity contribution in [1.82, 2.24) is 4.98 Å². The molecule has 0 saturated heterocycles. The van der Waals surface area contributed by atoms with E-state index in [0.29, 0.717) is 12.2 Å². The molecular formula is C20H16F3N3O. The van der Waals surface area contributed by atoms with Crippen molar-refractivity contribution in [2.75, 3.05) is 17.2 Å². The number of benzene rings is 2. The Kier molecular flexibility index (Phi) is 5.71. The summed E-state index contributed by atoms with van der Waals surface area (Å²) in [7, 11) is 0. The largest absolute Gasteiger partial charge is 0.385 e. The Hall–Kier alpha value is -3.35. The molecule has 0 unspecified atom stereocenters. The number of halogens is 3. The van der Waals surface area contributed by atoms with Crippen LogP contribution >= 0.6 is 0 Å². The summed E-state index contributed by atoms with van der Waals surface area (Å²) in [4.78, 5) is 16.2. The van der Waals surface area contributed by atoms with Crippen molar-refractivity contribution in [3.8, 4) is 0 Å². The molecule has 138 valence electrons. The Bertz CT molecular complexity index is 948. The first-order valence-electron chi connectivity index (χ1n) is 8.23. The van der Waals surface area contributed by atoms with Crippen LogP contribution in [-0.2, 0) is 6.42 Å². The van der Waals surface area contributed by atoms with Crippen molar-refractivity contribution in [2.24, 2.45) is 0 Å². The van der Waals surface area contributed by atoms with Crippen LogP contribution in [0.15, 0.2) is 60.8 Å². The van der Waals surface area contributed by atoms with E-state index in [1.807, 2.05) is 30.3 Å². The molecule has 3 rings (SSSR count). The molecule has 27 heavy (non-hydrogen) atoms. The lowest BCUT2D eigenvalue weighted by Crippen LogP contribution is -2.16. The fourth-order valence-corrected chi connectivity index (χ4v) is 2.47. The van der Waals surface area contributed by atoms with Gasteiger partial charge in [-0.15, -0.1) is 0 Å². The van der Waals surface area contributed by atoms with Crippen LogP contribution in [0, 0.1) is 17.5 Å². The SMILES string of the molecule is O=C(Nc1ccc(F)c(F)c1F)c1cc(NCCc2ccccc2)ccn1. The monoisotopic (exact) mass is 371 g/mol. The van der Waals surface area contributed by atoms with Gasteiger partial charge in [0.1, 0.15) is 5.69 Å². The van der Waals surface area contributed by atoms with Crippen LogP contribution in [0.2, 0.25) is 0 Å². The number of nitrogens with one attached hydrogen (secondary N) is 2. The fraction of sp³-hybridized carbons (Fsp3) is 0.100. The number of hydrogen-bond acceptors (Lipinski definition) is 3. The summed E-state index contributed by atoms with van der Waals surface area (Å²) in [5.41, 5.74) is 1.40. The molecular weight excluding hydrogens is 355 g/mol. The van der Waals surface area contributed by atoms with E-state index in [9.17, 15) is 18.0 Å². The molecule has 0 bridgehead atoms. The van der Waals surface area contributed by atoms with Crippen LogP contribution in [0.5, 0.6) is 0 Å². The lowest BCUT2D eigenvalue weighted by Gasteiger charge is -2.09. The summed E-state index contributed by atoms with van der Waals surface area (Å²) in [5, 5.41) is 5.37. The van der Waals surface area contributed by atoms with E-state index < -0.39 is 29.0 Å². The van der Waals surface area contributed by atoms with Gasteiger partial charge >= 0.3 is 0 Å². The van der Waals surface area contributed by atoms with Crippen LogP contribution in [0.4, 0.5) is 24.5 Å². The third-order valence-electron chi connectivity index (χ3n) is 3.86. The Labute approximate surface area is 154 Å². The minimum Gasteiger partial charge on any atom is -0.385 e.